The second kappa shape index (κ2) is 5.92. The Morgan fingerprint density at radius 3 is 2.55 bits per heavy atom. The maximum atomic E-state index is 14.1. The summed E-state index contributed by atoms with van der Waals surface area (Å²) >= 11 is 0. The van der Waals surface area contributed by atoms with Crippen LogP contribution < -0.4 is 5.32 Å². The molecule has 2 aromatic heterocycles. The van der Waals surface area contributed by atoms with Gasteiger partial charge in [-0.1, -0.05) is 0 Å². The molecule has 0 fully saturated rings. The molecule has 6 nitrogen and oxygen atoms in total. The highest BCUT2D eigenvalue weighted by atomic mass is 19.3. The zero-order chi connectivity index (χ0) is 16.3. The van der Waals surface area contributed by atoms with Crippen LogP contribution in [0.1, 0.15) is 21.7 Å². The van der Waals surface area contributed by atoms with Gasteiger partial charge in [0, 0.05) is 23.7 Å². The molecule has 2 aromatic rings. The van der Waals surface area contributed by atoms with Crippen molar-refractivity contribution in [2.75, 3.05) is 12.4 Å². The number of aromatic amines is 1. The van der Waals surface area contributed by atoms with Gasteiger partial charge in [0.25, 0.3) is 5.91 Å². The van der Waals surface area contributed by atoms with Crippen LogP contribution in [-0.4, -0.2) is 29.0 Å². The van der Waals surface area contributed by atoms with Crippen molar-refractivity contribution in [1.82, 2.24) is 9.97 Å². The first-order valence-corrected chi connectivity index (χ1v) is 6.24. The Morgan fingerprint density at radius 2 is 1.95 bits per heavy atom. The normalized spacial score (nSPS) is 11.1. The summed E-state index contributed by atoms with van der Waals surface area (Å²) in [5, 5.41) is 2.04. The zero-order valence-electron chi connectivity index (χ0n) is 11.8. The largest absolute Gasteiger partial charge is 0.464 e. The third-order valence-electron chi connectivity index (χ3n) is 2.92. The Bertz CT molecular complexity index is 699. The van der Waals surface area contributed by atoms with Crippen LogP contribution >= 0.6 is 0 Å². The first-order chi connectivity index (χ1) is 10.4. The number of anilines is 1. The van der Waals surface area contributed by atoms with Crippen LogP contribution in [0, 0.1) is 6.92 Å². The number of esters is 1. The van der Waals surface area contributed by atoms with Crippen molar-refractivity contribution in [2.24, 2.45) is 0 Å². The Kier molecular flexibility index (Phi) is 4.20. The quantitative estimate of drug-likeness (QED) is 0.848. The van der Waals surface area contributed by atoms with E-state index in [1.807, 2.05) is 5.32 Å². The Balaban J connectivity index is 2.28. The van der Waals surface area contributed by atoms with Gasteiger partial charge in [0.1, 0.15) is 5.69 Å². The molecule has 0 aliphatic heterocycles. The second-order valence-corrected chi connectivity index (χ2v) is 4.50. The summed E-state index contributed by atoms with van der Waals surface area (Å²) in [5.74, 6) is -6.08. The predicted molar refractivity (Wildman–Crippen MR) is 73.6 cm³/mol. The van der Waals surface area contributed by atoms with E-state index in [9.17, 15) is 18.4 Å². The SMILES string of the molecule is COC(=O)c1[nH]c(C)cc1NC(=O)C(F)(F)c1ccncc1. The van der Waals surface area contributed by atoms with E-state index in [1.165, 1.54) is 6.07 Å². The topological polar surface area (TPSA) is 84.1 Å². The summed E-state index contributed by atoms with van der Waals surface area (Å²) in [6, 6.07) is 3.46. The van der Waals surface area contributed by atoms with Crippen LogP contribution in [0.25, 0.3) is 0 Å². The maximum absolute atomic E-state index is 14.1. The lowest BCUT2D eigenvalue weighted by Crippen LogP contribution is -2.32. The van der Waals surface area contributed by atoms with Crippen LogP contribution in [0.2, 0.25) is 0 Å². The number of nitrogens with zero attached hydrogens (tertiary/aromatic N) is 1. The molecule has 0 saturated carbocycles. The van der Waals surface area contributed by atoms with Gasteiger partial charge in [0.15, 0.2) is 0 Å². The van der Waals surface area contributed by atoms with E-state index >= 15 is 0 Å². The summed E-state index contributed by atoms with van der Waals surface area (Å²) in [6.45, 7) is 1.61. The number of alkyl halides is 2. The molecular weight excluding hydrogens is 296 g/mol. The molecular formula is C14H13F2N3O3. The molecule has 22 heavy (non-hydrogen) atoms. The van der Waals surface area contributed by atoms with Gasteiger partial charge < -0.3 is 15.0 Å². The monoisotopic (exact) mass is 309 g/mol. The molecule has 2 N–H and O–H groups in total. The standard InChI is InChI=1S/C14H13F2N3O3/c1-8-7-10(11(18-8)12(20)22-2)19-13(21)14(15,16)9-3-5-17-6-4-9/h3-7,18H,1-2H3,(H,19,21). The van der Waals surface area contributed by atoms with Crippen molar-refractivity contribution >= 4 is 17.6 Å². The maximum Gasteiger partial charge on any atom is 0.356 e. The molecule has 116 valence electrons. The van der Waals surface area contributed by atoms with E-state index in [-0.39, 0.29) is 11.4 Å². The highest BCUT2D eigenvalue weighted by Crippen LogP contribution is 2.30. The average Bonchev–Trinajstić information content (AvgIpc) is 2.87. The molecule has 0 aliphatic rings. The van der Waals surface area contributed by atoms with Crippen molar-refractivity contribution in [3.63, 3.8) is 0 Å². The van der Waals surface area contributed by atoms with Gasteiger partial charge in [-0.15, -0.1) is 0 Å². The fourth-order valence-corrected chi connectivity index (χ4v) is 1.84. The molecule has 2 rings (SSSR count). The lowest BCUT2D eigenvalue weighted by molar-refractivity contribution is -0.140. The number of hydrogen-bond donors (Lipinski definition) is 2. The minimum atomic E-state index is -3.76. The number of halogens is 2. The van der Waals surface area contributed by atoms with Crippen LogP contribution in [0.3, 0.4) is 0 Å². The molecule has 8 heteroatoms. The number of ether oxygens (including phenoxy) is 1. The van der Waals surface area contributed by atoms with E-state index in [4.69, 9.17) is 0 Å². The average molecular weight is 309 g/mol. The van der Waals surface area contributed by atoms with Crippen LogP contribution in [0.5, 0.6) is 0 Å². The number of amides is 1. The molecule has 0 aromatic carbocycles. The summed E-state index contributed by atoms with van der Waals surface area (Å²) in [4.78, 5) is 29.7. The number of nitrogens with one attached hydrogen (secondary N) is 2. The predicted octanol–water partition coefficient (Wildman–Crippen LogP) is 2.24. The number of H-pyrrole nitrogens is 1. The Hall–Kier alpha value is -2.77. The fraction of sp³-hybridized carbons (Fsp3) is 0.214. The summed E-state index contributed by atoms with van der Waals surface area (Å²) < 4.78 is 32.7. The number of methoxy groups -OCH3 is 1. The summed E-state index contributed by atoms with van der Waals surface area (Å²) in [7, 11) is 1.15. The number of pyridine rings is 1. The fourth-order valence-electron chi connectivity index (χ4n) is 1.84. The molecule has 0 saturated heterocycles. The number of hydrogen-bond acceptors (Lipinski definition) is 4. The van der Waals surface area contributed by atoms with Gasteiger partial charge in [-0.2, -0.15) is 8.78 Å². The van der Waals surface area contributed by atoms with Crippen LogP contribution in [0.15, 0.2) is 30.6 Å². The number of carbonyl (C=O) groups is 2. The van der Waals surface area contributed by atoms with Crippen molar-refractivity contribution in [3.05, 3.63) is 47.5 Å². The first-order valence-electron chi connectivity index (χ1n) is 6.24. The number of carbonyl (C=O) groups excluding carboxylic acids is 2. The molecule has 0 spiro atoms. The molecule has 0 aliphatic carbocycles. The minimum absolute atomic E-state index is 0.0666. The number of aryl methyl sites for hydroxylation is 1. The van der Waals surface area contributed by atoms with Gasteiger partial charge in [-0.05, 0) is 25.1 Å². The number of aromatic nitrogens is 2. The number of rotatable bonds is 4. The molecule has 0 unspecified atom stereocenters. The summed E-state index contributed by atoms with van der Waals surface area (Å²) in [5.41, 5.74) is -0.142. The van der Waals surface area contributed by atoms with Gasteiger partial charge >= 0.3 is 11.9 Å². The lowest BCUT2D eigenvalue weighted by Gasteiger charge is -2.16. The van der Waals surface area contributed by atoms with Gasteiger partial charge in [-0.25, -0.2) is 4.79 Å². The van der Waals surface area contributed by atoms with Crippen LogP contribution in [-0.2, 0) is 15.5 Å². The third-order valence-corrected chi connectivity index (χ3v) is 2.92. The Labute approximate surface area is 124 Å². The summed E-state index contributed by atoms with van der Waals surface area (Å²) in [6.07, 6.45) is 2.33. The van der Waals surface area contributed by atoms with Gasteiger partial charge in [0.05, 0.1) is 12.8 Å². The first kappa shape index (κ1) is 15.6. The van der Waals surface area contributed by atoms with Crippen LogP contribution in [0.4, 0.5) is 14.5 Å². The lowest BCUT2D eigenvalue weighted by atomic mass is 10.1. The zero-order valence-corrected chi connectivity index (χ0v) is 11.8. The molecule has 0 radical (unpaired) electrons. The van der Waals surface area contributed by atoms with E-state index in [0.29, 0.717) is 5.69 Å². The molecule has 0 atom stereocenters. The highest BCUT2D eigenvalue weighted by Gasteiger charge is 2.41. The van der Waals surface area contributed by atoms with Gasteiger partial charge in [0.2, 0.25) is 0 Å². The third kappa shape index (κ3) is 2.95. The van der Waals surface area contributed by atoms with E-state index in [0.717, 1.165) is 31.6 Å². The highest BCUT2D eigenvalue weighted by molar-refractivity contribution is 6.02. The van der Waals surface area contributed by atoms with Crippen molar-refractivity contribution in [2.45, 2.75) is 12.8 Å². The smallest absolute Gasteiger partial charge is 0.356 e. The van der Waals surface area contributed by atoms with Crippen molar-refractivity contribution in [1.29, 1.82) is 0 Å². The molecule has 1 amide bonds. The molecule has 0 bridgehead atoms. The van der Waals surface area contributed by atoms with E-state index in [1.54, 1.807) is 6.92 Å². The Morgan fingerprint density at radius 1 is 1.32 bits per heavy atom. The van der Waals surface area contributed by atoms with Crippen molar-refractivity contribution < 1.29 is 23.1 Å². The second-order valence-electron chi connectivity index (χ2n) is 4.50. The van der Waals surface area contributed by atoms with E-state index < -0.39 is 23.4 Å². The minimum Gasteiger partial charge on any atom is -0.464 e. The van der Waals surface area contributed by atoms with Gasteiger partial charge in [-0.3, -0.25) is 9.78 Å². The molecule has 2 heterocycles. The van der Waals surface area contributed by atoms with Crippen molar-refractivity contribution in [3.8, 4) is 0 Å². The van der Waals surface area contributed by atoms with E-state index in [2.05, 4.69) is 14.7 Å².